The number of aromatic nitrogens is 1. The van der Waals surface area contributed by atoms with Crippen LogP contribution in [0.1, 0.15) is 48.6 Å². The molecule has 1 fully saturated rings. The molecule has 1 aliphatic rings. The molecule has 1 N–H and O–H groups in total. The van der Waals surface area contributed by atoms with Crippen molar-refractivity contribution in [3.8, 4) is 0 Å². The first-order valence-electron chi connectivity index (χ1n) is 9.73. The maximum absolute atomic E-state index is 11.7. The van der Waals surface area contributed by atoms with Gasteiger partial charge in [-0.1, -0.05) is 43.3 Å². The molecule has 2 atom stereocenters. The Bertz CT molecular complexity index is 971. The highest BCUT2D eigenvalue weighted by Crippen LogP contribution is 2.43. The van der Waals surface area contributed by atoms with E-state index < -0.39 is 0 Å². The highest BCUT2D eigenvalue weighted by molar-refractivity contribution is 6.00. The SMILES string of the molecule is C=CC(=O)Nc1ccc2c(c1)c(C1CCCC(c3ccccc3)C1)cn2C. The average molecular weight is 358 g/mol. The lowest BCUT2D eigenvalue weighted by molar-refractivity contribution is -0.111. The van der Waals surface area contributed by atoms with Gasteiger partial charge in [0.1, 0.15) is 0 Å². The number of carbonyl (C=O) groups excluding carboxylic acids is 1. The number of carbonyl (C=O) groups is 1. The summed E-state index contributed by atoms with van der Waals surface area (Å²) < 4.78 is 2.20. The van der Waals surface area contributed by atoms with Gasteiger partial charge in [0, 0.05) is 29.8 Å². The Morgan fingerprint density at radius 2 is 1.93 bits per heavy atom. The lowest BCUT2D eigenvalue weighted by Gasteiger charge is -2.29. The Morgan fingerprint density at radius 3 is 2.70 bits per heavy atom. The number of amides is 1. The lowest BCUT2D eigenvalue weighted by Crippen LogP contribution is -2.13. The number of nitrogens with one attached hydrogen (secondary N) is 1. The summed E-state index contributed by atoms with van der Waals surface area (Å²) in [5.74, 6) is 1.01. The third-order valence-electron chi connectivity index (χ3n) is 5.86. The molecule has 1 aliphatic carbocycles. The number of rotatable bonds is 4. The van der Waals surface area contributed by atoms with E-state index in [0.717, 1.165) is 5.69 Å². The van der Waals surface area contributed by atoms with Crippen LogP contribution in [0.3, 0.4) is 0 Å². The van der Waals surface area contributed by atoms with Gasteiger partial charge in [0.25, 0.3) is 0 Å². The van der Waals surface area contributed by atoms with Gasteiger partial charge in [-0.3, -0.25) is 4.79 Å². The van der Waals surface area contributed by atoms with E-state index in [1.165, 1.54) is 53.8 Å². The molecule has 0 radical (unpaired) electrons. The summed E-state index contributed by atoms with van der Waals surface area (Å²) in [6.45, 7) is 3.54. The van der Waals surface area contributed by atoms with Crippen molar-refractivity contribution >= 4 is 22.5 Å². The molecule has 27 heavy (non-hydrogen) atoms. The van der Waals surface area contributed by atoms with E-state index in [9.17, 15) is 4.79 Å². The number of nitrogens with zero attached hydrogens (tertiary/aromatic N) is 1. The Morgan fingerprint density at radius 1 is 1.15 bits per heavy atom. The first-order chi connectivity index (χ1) is 13.2. The Balaban J connectivity index is 1.66. The molecule has 138 valence electrons. The van der Waals surface area contributed by atoms with E-state index in [2.05, 4.69) is 72.2 Å². The van der Waals surface area contributed by atoms with Gasteiger partial charge in [0.2, 0.25) is 5.91 Å². The maximum atomic E-state index is 11.7. The molecular weight excluding hydrogens is 332 g/mol. The van der Waals surface area contributed by atoms with Crippen molar-refractivity contribution in [3.05, 3.63) is 78.5 Å². The number of aryl methyl sites for hydroxylation is 1. The fraction of sp³-hybridized carbons (Fsp3) is 0.292. The normalized spacial score (nSPS) is 19.7. The Hall–Kier alpha value is -2.81. The molecule has 3 heteroatoms. The quantitative estimate of drug-likeness (QED) is 0.593. The van der Waals surface area contributed by atoms with E-state index in [0.29, 0.717) is 11.8 Å². The fourth-order valence-electron chi connectivity index (χ4n) is 4.52. The highest BCUT2D eigenvalue weighted by atomic mass is 16.1. The minimum absolute atomic E-state index is 0.173. The molecule has 0 spiro atoms. The predicted octanol–water partition coefficient (Wildman–Crippen LogP) is 5.74. The molecule has 2 aromatic carbocycles. The molecule has 0 saturated heterocycles. The van der Waals surface area contributed by atoms with Crippen LogP contribution in [0.4, 0.5) is 5.69 Å². The molecule has 4 rings (SSSR count). The second kappa shape index (κ2) is 7.43. The maximum Gasteiger partial charge on any atom is 0.247 e. The zero-order chi connectivity index (χ0) is 18.8. The van der Waals surface area contributed by atoms with Gasteiger partial charge in [0.05, 0.1) is 0 Å². The van der Waals surface area contributed by atoms with Crippen LogP contribution in [0.25, 0.3) is 10.9 Å². The van der Waals surface area contributed by atoms with Crippen LogP contribution < -0.4 is 5.32 Å². The van der Waals surface area contributed by atoms with E-state index in [1.54, 1.807) is 0 Å². The largest absolute Gasteiger partial charge is 0.350 e. The zero-order valence-electron chi connectivity index (χ0n) is 15.8. The Kier molecular flexibility index (Phi) is 4.85. The number of benzene rings is 2. The molecule has 0 aliphatic heterocycles. The van der Waals surface area contributed by atoms with Gasteiger partial charge < -0.3 is 9.88 Å². The number of hydrogen-bond donors (Lipinski definition) is 1. The first-order valence-corrected chi connectivity index (χ1v) is 9.73. The van der Waals surface area contributed by atoms with E-state index in [-0.39, 0.29) is 5.91 Å². The summed E-state index contributed by atoms with van der Waals surface area (Å²) in [5.41, 5.74) is 4.91. The van der Waals surface area contributed by atoms with Crippen LogP contribution in [0, 0.1) is 0 Å². The van der Waals surface area contributed by atoms with Gasteiger partial charge in [-0.15, -0.1) is 0 Å². The standard InChI is InChI=1S/C24H26N2O/c1-3-24(27)25-20-12-13-23-21(15-20)22(16-26(23)2)19-11-7-10-18(14-19)17-8-5-4-6-9-17/h3-6,8-9,12-13,15-16,18-19H,1,7,10-11,14H2,2H3,(H,25,27). The molecule has 3 nitrogen and oxygen atoms in total. The van der Waals surface area contributed by atoms with Crippen LogP contribution in [0.5, 0.6) is 0 Å². The highest BCUT2D eigenvalue weighted by Gasteiger charge is 2.26. The molecule has 2 unspecified atom stereocenters. The molecule has 3 aromatic rings. The molecular formula is C24H26N2O. The third-order valence-corrected chi connectivity index (χ3v) is 5.86. The Labute approximate surface area is 160 Å². The molecule has 1 aromatic heterocycles. The first kappa shape index (κ1) is 17.6. The van der Waals surface area contributed by atoms with Gasteiger partial charge in [0.15, 0.2) is 0 Å². The van der Waals surface area contributed by atoms with Crippen LogP contribution in [0.2, 0.25) is 0 Å². The summed E-state index contributed by atoms with van der Waals surface area (Å²) in [6, 6.07) is 17.1. The number of anilines is 1. The average Bonchev–Trinajstić information content (AvgIpc) is 3.04. The predicted molar refractivity (Wildman–Crippen MR) is 112 cm³/mol. The van der Waals surface area contributed by atoms with Crippen molar-refractivity contribution in [2.75, 3.05) is 5.32 Å². The van der Waals surface area contributed by atoms with Crippen molar-refractivity contribution in [1.29, 1.82) is 0 Å². The van der Waals surface area contributed by atoms with Crippen molar-refractivity contribution in [2.24, 2.45) is 7.05 Å². The monoisotopic (exact) mass is 358 g/mol. The van der Waals surface area contributed by atoms with E-state index in [1.807, 2.05) is 6.07 Å². The summed E-state index contributed by atoms with van der Waals surface area (Å²) in [4.78, 5) is 11.7. The van der Waals surface area contributed by atoms with Crippen molar-refractivity contribution < 1.29 is 4.79 Å². The third kappa shape index (κ3) is 3.55. The van der Waals surface area contributed by atoms with Crippen LogP contribution >= 0.6 is 0 Å². The van der Waals surface area contributed by atoms with E-state index in [4.69, 9.17) is 0 Å². The molecule has 1 amide bonds. The fourth-order valence-corrected chi connectivity index (χ4v) is 4.52. The van der Waals surface area contributed by atoms with E-state index >= 15 is 0 Å². The summed E-state index contributed by atoms with van der Waals surface area (Å²) in [6.07, 6.45) is 8.53. The van der Waals surface area contributed by atoms with Crippen LogP contribution in [0.15, 0.2) is 67.4 Å². The van der Waals surface area contributed by atoms with Crippen molar-refractivity contribution in [3.63, 3.8) is 0 Å². The van der Waals surface area contributed by atoms with Gasteiger partial charge in [-0.25, -0.2) is 0 Å². The molecule has 0 bridgehead atoms. The minimum atomic E-state index is -0.173. The topological polar surface area (TPSA) is 34.0 Å². The van der Waals surface area contributed by atoms with Gasteiger partial charge >= 0.3 is 0 Å². The van der Waals surface area contributed by atoms with Gasteiger partial charge in [-0.2, -0.15) is 0 Å². The van der Waals surface area contributed by atoms with Crippen LogP contribution in [-0.2, 0) is 11.8 Å². The molecule has 1 saturated carbocycles. The summed E-state index contributed by atoms with van der Waals surface area (Å²) in [5, 5.41) is 4.14. The minimum Gasteiger partial charge on any atom is -0.350 e. The molecule has 1 heterocycles. The second-order valence-corrected chi connectivity index (χ2v) is 7.59. The van der Waals surface area contributed by atoms with Crippen molar-refractivity contribution in [1.82, 2.24) is 4.57 Å². The van der Waals surface area contributed by atoms with Gasteiger partial charge in [-0.05, 0) is 66.5 Å². The number of fused-ring (bicyclic) bond motifs is 1. The zero-order valence-corrected chi connectivity index (χ0v) is 15.8. The van der Waals surface area contributed by atoms with Crippen molar-refractivity contribution in [2.45, 2.75) is 37.5 Å². The van der Waals surface area contributed by atoms with Crippen LogP contribution in [-0.4, -0.2) is 10.5 Å². The number of hydrogen-bond acceptors (Lipinski definition) is 1. The summed E-state index contributed by atoms with van der Waals surface area (Å²) in [7, 11) is 2.10. The smallest absolute Gasteiger partial charge is 0.247 e. The second-order valence-electron chi connectivity index (χ2n) is 7.59. The lowest BCUT2D eigenvalue weighted by atomic mass is 9.75. The summed E-state index contributed by atoms with van der Waals surface area (Å²) >= 11 is 0.